The first-order valence-corrected chi connectivity index (χ1v) is 6.08. The number of nitrogens with zero attached hydrogens (tertiary/aromatic N) is 2. The van der Waals surface area contributed by atoms with Crippen molar-refractivity contribution in [1.29, 1.82) is 5.26 Å². The topological polar surface area (TPSA) is 111 Å². The van der Waals surface area contributed by atoms with E-state index in [2.05, 4.69) is 10.6 Å². The lowest BCUT2D eigenvalue weighted by Crippen LogP contribution is -2.36. The summed E-state index contributed by atoms with van der Waals surface area (Å²) < 4.78 is 0. The number of hydrogen-bond donors (Lipinski definition) is 3. The van der Waals surface area contributed by atoms with Crippen LogP contribution in [-0.4, -0.2) is 16.2 Å². The van der Waals surface area contributed by atoms with Crippen molar-refractivity contribution in [1.82, 2.24) is 5.32 Å². The molecule has 0 spiro atoms. The van der Waals surface area contributed by atoms with Crippen molar-refractivity contribution in [3.05, 3.63) is 29.0 Å². The fourth-order valence-corrected chi connectivity index (χ4v) is 1.47. The van der Waals surface area contributed by atoms with Crippen LogP contribution in [0.15, 0.2) is 18.2 Å². The second-order valence-corrected chi connectivity index (χ2v) is 4.62. The Kier molecular flexibility index (Phi) is 5.40. The number of carbonyl (C=O) groups excluding carboxylic acids is 1. The molecule has 106 valence electrons. The van der Waals surface area contributed by atoms with Crippen LogP contribution in [0, 0.1) is 22.5 Å². The highest BCUT2D eigenvalue weighted by atomic mass is 32.1. The number of hydrogen-bond acceptors (Lipinski definition) is 6. The number of rotatable bonds is 3. The molecule has 0 saturated carbocycles. The molecular weight excluding hydrogens is 280 g/mol. The van der Waals surface area contributed by atoms with Gasteiger partial charge < -0.3 is 21.1 Å². The zero-order valence-electron chi connectivity index (χ0n) is 10.9. The van der Waals surface area contributed by atoms with Crippen LogP contribution in [0.1, 0.15) is 19.4 Å². The predicted octanol–water partition coefficient (Wildman–Crippen LogP) is 1.72. The molecule has 1 amide bonds. The number of amides is 1. The van der Waals surface area contributed by atoms with E-state index in [1.807, 2.05) is 6.07 Å². The lowest BCUT2D eigenvalue weighted by atomic mass is 10.1. The van der Waals surface area contributed by atoms with Gasteiger partial charge in [0.2, 0.25) is 5.91 Å². The van der Waals surface area contributed by atoms with E-state index in [0.29, 0.717) is 5.69 Å². The maximum atomic E-state index is 11.5. The summed E-state index contributed by atoms with van der Waals surface area (Å²) in [5, 5.41) is 33.3. The van der Waals surface area contributed by atoms with Crippen molar-refractivity contribution in [3.63, 3.8) is 0 Å². The van der Waals surface area contributed by atoms with Crippen molar-refractivity contribution >= 4 is 34.6 Å². The lowest BCUT2D eigenvalue weighted by Gasteiger charge is -2.22. The van der Waals surface area contributed by atoms with Gasteiger partial charge in [-0.15, -0.1) is 0 Å². The molecule has 8 heteroatoms. The monoisotopic (exact) mass is 293 g/mol. The van der Waals surface area contributed by atoms with Crippen molar-refractivity contribution in [3.8, 4) is 6.07 Å². The van der Waals surface area contributed by atoms with Crippen molar-refractivity contribution in [2.24, 2.45) is 5.92 Å². The van der Waals surface area contributed by atoms with Crippen LogP contribution in [-0.2, 0) is 4.79 Å². The highest BCUT2D eigenvalue weighted by Gasteiger charge is 2.11. The fraction of sp³-hybridized carbons (Fsp3) is 0.250. The third kappa shape index (κ3) is 4.17. The second kappa shape index (κ2) is 6.81. The lowest BCUT2D eigenvalue weighted by molar-refractivity contribution is -0.122. The standard InChI is InChI=1S/C12H13N4O3S/c1-7(2)11(17)15-12(20)14-10-4-3-9(16(18)19)5-8(10)6-13/h3-5,7,18H,1-2H3,(H2,14,15,17,20)/q-1. The van der Waals surface area contributed by atoms with E-state index < -0.39 is 0 Å². The Bertz CT molecular complexity index is 566. The van der Waals surface area contributed by atoms with Gasteiger partial charge in [-0.25, -0.2) is 0 Å². The van der Waals surface area contributed by atoms with Crippen LogP contribution >= 0.6 is 12.2 Å². The molecule has 20 heavy (non-hydrogen) atoms. The van der Waals surface area contributed by atoms with E-state index in [1.165, 1.54) is 18.2 Å². The van der Waals surface area contributed by atoms with Crippen LogP contribution in [0.5, 0.6) is 0 Å². The molecule has 0 saturated heterocycles. The normalized spacial score (nSPS) is 9.80. The van der Waals surface area contributed by atoms with Gasteiger partial charge in [0.05, 0.1) is 16.9 Å². The van der Waals surface area contributed by atoms with Crippen LogP contribution < -0.4 is 15.9 Å². The third-order valence-electron chi connectivity index (χ3n) is 2.35. The Labute approximate surface area is 121 Å². The molecule has 0 bridgehead atoms. The molecule has 0 radical (unpaired) electrons. The molecule has 1 rings (SSSR count). The molecule has 0 unspecified atom stereocenters. The van der Waals surface area contributed by atoms with Gasteiger partial charge in [-0.1, -0.05) is 13.8 Å². The maximum Gasteiger partial charge on any atom is 0.228 e. The number of benzene rings is 1. The van der Waals surface area contributed by atoms with Crippen molar-refractivity contribution in [2.75, 3.05) is 10.5 Å². The summed E-state index contributed by atoms with van der Waals surface area (Å²) in [7, 11) is 0. The van der Waals surface area contributed by atoms with Crippen LogP contribution in [0.2, 0.25) is 0 Å². The summed E-state index contributed by atoms with van der Waals surface area (Å²) in [5.74, 6) is -0.477. The predicted molar refractivity (Wildman–Crippen MR) is 78.0 cm³/mol. The minimum Gasteiger partial charge on any atom is -0.733 e. The molecule has 1 aromatic carbocycles. The van der Waals surface area contributed by atoms with E-state index in [0.717, 1.165) is 0 Å². The molecule has 0 aliphatic heterocycles. The Balaban J connectivity index is 2.85. The third-order valence-corrected chi connectivity index (χ3v) is 2.56. The van der Waals surface area contributed by atoms with Gasteiger partial charge in [-0.3, -0.25) is 10.0 Å². The highest BCUT2D eigenvalue weighted by molar-refractivity contribution is 7.80. The molecule has 0 aliphatic carbocycles. The quantitative estimate of drug-likeness (QED) is 0.574. The molecular formula is C12H13N4O3S-. The van der Waals surface area contributed by atoms with E-state index in [-0.39, 0.29) is 33.4 Å². The Hall–Kier alpha value is -2.21. The largest absolute Gasteiger partial charge is 0.733 e. The van der Waals surface area contributed by atoms with E-state index in [4.69, 9.17) is 22.7 Å². The summed E-state index contributed by atoms with van der Waals surface area (Å²) in [6.07, 6.45) is 0. The summed E-state index contributed by atoms with van der Waals surface area (Å²) in [4.78, 5) is 11.5. The van der Waals surface area contributed by atoms with Crippen LogP contribution in [0.3, 0.4) is 0 Å². The fourth-order valence-electron chi connectivity index (χ4n) is 1.26. The first-order chi connectivity index (χ1) is 9.35. The summed E-state index contributed by atoms with van der Waals surface area (Å²) >= 11 is 4.95. The summed E-state index contributed by atoms with van der Waals surface area (Å²) in [6.45, 7) is 3.44. The van der Waals surface area contributed by atoms with E-state index in [9.17, 15) is 10.0 Å². The zero-order chi connectivity index (χ0) is 15.3. The molecule has 1 aromatic rings. The number of carbonyl (C=O) groups is 1. The highest BCUT2D eigenvalue weighted by Crippen LogP contribution is 2.21. The van der Waals surface area contributed by atoms with Gasteiger partial charge in [0.15, 0.2) is 5.11 Å². The van der Waals surface area contributed by atoms with Gasteiger partial charge in [-0.05, 0) is 30.4 Å². The minimum absolute atomic E-state index is 0.0518. The Morgan fingerprint density at radius 3 is 2.70 bits per heavy atom. The van der Waals surface area contributed by atoms with Gasteiger partial charge in [0, 0.05) is 5.92 Å². The number of thiocarbonyl (C=S) groups is 1. The average molecular weight is 293 g/mol. The smallest absolute Gasteiger partial charge is 0.228 e. The molecule has 0 aliphatic rings. The van der Waals surface area contributed by atoms with Crippen molar-refractivity contribution < 1.29 is 10.0 Å². The van der Waals surface area contributed by atoms with Gasteiger partial charge in [-0.2, -0.15) is 5.26 Å². The van der Waals surface area contributed by atoms with Crippen molar-refractivity contribution in [2.45, 2.75) is 13.8 Å². The second-order valence-electron chi connectivity index (χ2n) is 4.21. The molecule has 3 N–H and O–H groups in total. The summed E-state index contributed by atoms with van der Waals surface area (Å²) in [5.41, 5.74) is 0.356. The van der Waals surface area contributed by atoms with Crippen LogP contribution in [0.4, 0.5) is 11.4 Å². The molecule has 0 atom stereocenters. The van der Waals surface area contributed by atoms with Gasteiger partial charge in [0.25, 0.3) is 0 Å². The number of anilines is 2. The van der Waals surface area contributed by atoms with E-state index >= 15 is 0 Å². The first-order valence-electron chi connectivity index (χ1n) is 5.67. The van der Waals surface area contributed by atoms with Gasteiger partial charge >= 0.3 is 0 Å². The van der Waals surface area contributed by atoms with Crippen LogP contribution in [0.25, 0.3) is 0 Å². The molecule has 0 heterocycles. The molecule has 0 aromatic heterocycles. The minimum atomic E-state index is -0.344. The average Bonchev–Trinajstić information content (AvgIpc) is 2.38. The number of nitriles is 1. The molecule has 7 nitrogen and oxygen atoms in total. The first kappa shape index (κ1) is 15.8. The van der Waals surface area contributed by atoms with E-state index in [1.54, 1.807) is 13.8 Å². The summed E-state index contributed by atoms with van der Waals surface area (Å²) in [6, 6.07) is 5.77. The van der Waals surface area contributed by atoms with Gasteiger partial charge in [0.1, 0.15) is 6.07 Å². The Morgan fingerprint density at radius 1 is 1.55 bits per heavy atom. The SMILES string of the molecule is CC(C)C(=O)NC(=S)Nc1ccc(N([O-])O)cc1C#N. The zero-order valence-corrected chi connectivity index (χ0v) is 11.7. The Morgan fingerprint density at radius 2 is 2.20 bits per heavy atom. The number of nitrogens with one attached hydrogen (secondary N) is 2. The molecule has 0 fully saturated rings. The maximum absolute atomic E-state index is 11.5.